The van der Waals surface area contributed by atoms with Crippen LogP contribution in [0, 0.1) is 11.3 Å². The summed E-state index contributed by atoms with van der Waals surface area (Å²) in [5, 5.41) is 3.26. The highest BCUT2D eigenvalue weighted by atomic mass is 16.5. The summed E-state index contributed by atoms with van der Waals surface area (Å²) in [5.41, 5.74) is 3.76. The lowest BCUT2D eigenvalue weighted by Crippen LogP contribution is -2.40. The van der Waals surface area contributed by atoms with E-state index in [4.69, 9.17) is 9.47 Å². The van der Waals surface area contributed by atoms with Crippen molar-refractivity contribution in [1.29, 1.82) is 0 Å². The standard InChI is InChI=1S/C34H43NO3/c1-25(2)38-29-17-15-28(16-18-29)30(26-11-7-5-8-12-26)19-21-35-33(36)23-31(27-13-9-6-10-14-27)32-20-22-37-24-34(32,3)4/h5-18,25,30-32H,19-24H2,1-4H3,(H,35,36)/t30-,31+,32-/m0/s1. The number of amides is 1. The van der Waals surface area contributed by atoms with E-state index in [1.54, 1.807) is 0 Å². The zero-order valence-electron chi connectivity index (χ0n) is 23.4. The van der Waals surface area contributed by atoms with Gasteiger partial charge in [0.25, 0.3) is 0 Å². The molecule has 0 bridgehead atoms. The monoisotopic (exact) mass is 513 g/mol. The van der Waals surface area contributed by atoms with Crippen LogP contribution < -0.4 is 10.1 Å². The molecule has 1 fully saturated rings. The third kappa shape index (κ3) is 7.48. The Hall–Kier alpha value is -3.11. The van der Waals surface area contributed by atoms with E-state index in [1.807, 2.05) is 38.1 Å². The molecule has 0 spiro atoms. The zero-order chi connectivity index (χ0) is 27.0. The molecule has 0 aliphatic carbocycles. The molecule has 0 saturated carbocycles. The molecule has 3 aromatic rings. The van der Waals surface area contributed by atoms with Crippen molar-refractivity contribution >= 4 is 5.91 Å². The molecule has 3 atom stereocenters. The summed E-state index contributed by atoms with van der Waals surface area (Å²) in [7, 11) is 0. The molecular formula is C34H43NO3. The van der Waals surface area contributed by atoms with Crippen LogP contribution in [-0.4, -0.2) is 31.8 Å². The molecular weight excluding hydrogens is 470 g/mol. The van der Waals surface area contributed by atoms with Crippen molar-refractivity contribution in [3.8, 4) is 5.75 Å². The maximum Gasteiger partial charge on any atom is 0.220 e. The predicted molar refractivity (Wildman–Crippen MR) is 155 cm³/mol. The van der Waals surface area contributed by atoms with Crippen molar-refractivity contribution in [2.75, 3.05) is 19.8 Å². The molecule has 1 aliphatic heterocycles. The number of ether oxygens (including phenoxy) is 2. The number of hydrogen-bond donors (Lipinski definition) is 1. The average molecular weight is 514 g/mol. The summed E-state index contributed by atoms with van der Waals surface area (Å²) < 4.78 is 11.6. The number of benzene rings is 3. The van der Waals surface area contributed by atoms with Crippen molar-refractivity contribution in [1.82, 2.24) is 5.32 Å². The van der Waals surface area contributed by atoms with E-state index >= 15 is 0 Å². The van der Waals surface area contributed by atoms with Gasteiger partial charge in [-0.15, -0.1) is 0 Å². The molecule has 1 saturated heterocycles. The Morgan fingerprint density at radius 1 is 0.921 bits per heavy atom. The van der Waals surface area contributed by atoms with Crippen molar-refractivity contribution in [2.24, 2.45) is 11.3 Å². The van der Waals surface area contributed by atoms with Gasteiger partial charge in [0.05, 0.1) is 12.7 Å². The largest absolute Gasteiger partial charge is 0.491 e. The third-order valence-corrected chi connectivity index (χ3v) is 7.78. The first-order chi connectivity index (χ1) is 18.3. The molecule has 3 aromatic carbocycles. The van der Waals surface area contributed by atoms with Gasteiger partial charge in [0.2, 0.25) is 5.91 Å². The molecule has 0 unspecified atom stereocenters. The SMILES string of the molecule is CC(C)Oc1ccc([C@@H](CCNC(=O)C[C@H](c2ccccc2)[C@@H]2CCOCC2(C)C)c2ccccc2)cc1. The second-order valence-corrected chi connectivity index (χ2v) is 11.5. The summed E-state index contributed by atoms with van der Waals surface area (Å²) in [6, 6.07) is 29.5. The minimum absolute atomic E-state index is 0.0306. The number of hydrogen-bond acceptors (Lipinski definition) is 3. The minimum Gasteiger partial charge on any atom is -0.491 e. The molecule has 4 heteroatoms. The van der Waals surface area contributed by atoms with Crippen molar-refractivity contribution < 1.29 is 14.3 Å². The van der Waals surface area contributed by atoms with E-state index in [2.05, 4.69) is 79.8 Å². The fourth-order valence-electron chi connectivity index (χ4n) is 5.87. The van der Waals surface area contributed by atoms with Gasteiger partial charge in [-0.1, -0.05) is 86.6 Å². The summed E-state index contributed by atoms with van der Waals surface area (Å²) in [4.78, 5) is 13.3. The summed E-state index contributed by atoms with van der Waals surface area (Å²) >= 11 is 0. The summed E-state index contributed by atoms with van der Waals surface area (Å²) in [6.07, 6.45) is 2.45. The van der Waals surface area contributed by atoms with Crippen LogP contribution in [0.4, 0.5) is 0 Å². The van der Waals surface area contributed by atoms with Gasteiger partial charge in [0.15, 0.2) is 0 Å². The molecule has 38 heavy (non-hydrogen) atoms. The topological polar surface area (TPSA) is 47.6 Å². The molecule has 1 N–H and O–H groups in total. The van der Waals surface area contributed by atoms with E-state index in [1.165, 1.54) is 16.7 Å². The Morgan fingerprint density at radius 2 is 1.53 bits per heavy atom. The molecule has 202 valence electrons. The fraction of sp³-hybridized carbons (Fsp3) is 0.441. The number of nitrogens with one attached hydrogen (secondary N) is 1. The van der Waals surface area contributed by atoms with Gasteiger partial charge in [-0.05, 0) is 72.8 Å². The van der Waals surface area contributed by atoms with Crippen LogP contribution in [0.15, 0.2) is 84.9 Å². The normalized spacial score (nSPS) is 18.5. The van der Waals surface area contributed by atoms with E-state index in [0.29, 0.717) is 18.9 Å². The Bertz CT molecular complexity index is 1130. The first-order valence-electron chi connectivity index (χ1n) is 14.0. The van der Waals surface area contributed by atoms with Gasteiger partial charge in [-0.3, -0.25) is 4.79 Å². The average Bonchev–Trinajstić information content (AvgIpc) is 2.91. The Morgan fingerprint density at radius 3 is 2.13 bits per heavy atom. The predicted octanol–water partition coefficient (Wildman–Crippen LogP) is 7.35. The zero-order valence-corrected chi connectivity index (χ0v) is 23.4. The molecule has 0 radical (unpaired) electrons. The third-order valence-electron chi connectivity index (χ3n) is 7.78. The molecule has 4 rings (SSSR count). The number of rotatable bonds is 11. The maximum absolute atomic E-state index is 13.3. The highest BCUT2D eigenvalue weighted by Crippen LogP contribution is 2.44. The van der Waals surface area contributed by atoms with Crippen LogP contribution in [0.25, 0.3) is 0 Å². The number of carbonyl (C=O) groups excluding carboxylic acids is 1. The first kappa shape index (κ1) is 27.9. The van der Waals surface area contributed by atoms with Gasteiger partial charge >= 0.3 is 0 Å². The van der Waals surface area contributed by atoms with E-state index in [9.17, 15) is 4.79 Å². The molecule has 0 aromatic heterocycles. The van der Waals surface area contributed by atoms with Gasteiger partial charge in [-0.25, -0.2) is 0 Å². The van der Waals surface area contributed by atoms with Gasteiger partial charge in [0, 0.05) is 25.5 Å². The van der Waals surface area contributed by atoms with Crippen molar-refractivity contribution in [2.45, 2.75) is 64.9 Å². The lowest BCUT2D eigenvalue weighted by atomic mass is 9.66. The molecule has 4 nitrogen and oxygen atoms in total. The maximum atomic E-state index is 13.3. The number of carbonyl (C=O) groups is 1. The van der Waals surface area contributed by atoms with Crippen LogP contribution in [0.5, 0.6) is 5.75 Å². The molecule has 1 heterocycles. The van der Waals surface area contributed by atoms with Gasteiger partial charge in [0.1, 0.15) is 5.75 Å². The van der Waals surface area contributed by atoms with Gasteiger partial charge in [-0.2, -0.15) is 0 Å². The van der Waals surface area contributed by atoms with Crippen molar-refractivity contribution in [3.63, 3.8) is 0 Å². The van der Waals surface area contributed by atoms with E-state index in [0.717, 1.165) is 31.8 Å². The first-order valence-corrected chi connectivity index (χ1v) is 14.0. The fourth-order valence-corrected chi connectivity index (χ4v) is 5.87. The second-order valence-electron chi connectivity index (χ2n) is 11.5. The molecule has 1 amide bonds. The van der Waals surface area contributed by atoms with Crippen LogP contribution in [-0.2, 0) is 9.53 Å². The smallest absolute Gasteiger partial charge is 0.220 e. The van der Waals surface area contributed by atoms with E-state index in [-0.39, 0.29) is 29.3 Å². The van der Waals surface area contributed by atoms with Gasteiger partial charge < -0.3 is 14.8 Å². The Balaban J connectivity index is 1.44. The van der Waals surface area contributed by atoms with Crippen LogP contribution in [0.3, 0.4) is 0 Å². The second kappa shape index (κ2) is 13.1. The van der Waals surface area contributed by atoms with Crippen LogP contribution in [0.2, 0.25) is 0 Å². The van der Waals surface area contributed by atoms with Crippen LogP contribution >= 0.6 is 0 Å². The summed E-state index contributed by atoms with van der Waals surface area (Å²) in [6.45, 7) is 10.7. The Labute approximate surface area is 228 Å². The van der Waals surface area contributed by atoms with Crippen LogP contribution in [0.1, 0.15) is 75.5 Å². The summed E-state index contributed by atoms with van der Waals surface area (Å²) in [5.74, 6) is 1.77. The lowest BCUT2D eigenvalue weighted by molar-refractivity contribution is -0.122. The highest BCUT2D eigenvalue weighted by molar-refractivity contribution is 5.77. The van der Waals surface area contributed by atoms with Crippen molar-refractivity contribution in [3.05, 3.63) is 102 Å². The highest BCUT2D eigenvalue weighted by Gasteiger charge is 2.39. The van der Waals surface area contributed by atoms with E-state index < -0.39 is 0 Å². The molecule has 1 aliphatic rings. The minimum atomic E-state index is 0.0306. The Kier molecular flexibility index (Phi) is 9.63. The quantitative estimate of drug-likeness (QED) is 0.292. The lowest BCUT2D eigenvalue weighted by Gasteiger charge is -2.43.